The molecule has 0 saturated carbocycles. The molecule has 0 aliphatic heterocycles. The molecule has 0 bridgehead atoms. The molecule has 0 saturated heterocycles. The predicted octanol–water partition coefficient (Wildman–Crippen LogP) is 14.9. The van der Waals surface area contributed by atoms with Crippen LogP contribution in [0.2, 0.25) is 0 Å². The summed E-state index contributed by atoms with van der Waals surface area (Å²) in [7, 11) is 0. The van der Waals surface area contributed by atoms with Gasteiger partial charge >= 0.3 is 18.5 Å². The maximum atomic E-state index is 12.5. The molecule has 6 aromatic heterocycles. The summed E-state index contributed by atoms with van der Waals surface area (Å²) in [6.45, 7) is 0. The number of fused-ring (bicyclic) bond motifs is 3. The fourth-order valence-electron chi connectivity index (χ4n) is 5.45. The number of halogens is 9. The second-order valence-corrected chi connectivity index (χ2v) is 15.5. The van der Waals surface area contributed by atoms with Gasteiger partial charge in [-0.25, -0.2) is 0 Å². The van der Waals surface area contributed by atoms with Gasteiger partial charge in [0.05, 0.1) is 48.4 Å². The Kier molecular flexibility index (Phi) is 12.8. The molecule has 1 radical (unpaired) electrons. The molecule has 0 aliphatic carbocycles. The first-order chi connectivity index (χ1) is 27.1. The zero-order valence-electron chi connectivity index (χ0n) is 29.2. The molecule has 3 nitrogen and oxygen atoms in total. The molecule has 0 amide bonds. The van der Waals surface area contributed by atoms with Crippen molar-refractivity contribution in [2.75, 3.05) is 0 Å². The van der Waals surface area contributed by atoms with Crippen LogP contribution in [-0.2, 0) is 38.6 Å². The van der Waals surface area contributed by atoms with Crippen LogP contribution < -0.4 is 0 Å². The van der Waals surface area contributed by atoms with E-state index in [1.807, 2.05) is 91.0 Å². The van der Waals surface area contributed by atoms with Gasteiger partial charge in [-0.15, -0.1) is 34.0 Å². The minimum absolute atomic E-state index is 0. The van der Waals surface area contributed by atoms with Crippen LogP contribution in [0, 0.1) is 0 Å². The summed E-state index contributed by atoms with van der Waals surface area (Å²) in [5.41, 5.74) is -0.482. The van der Waals surface area contributed by atoms with E-state index in [1.165, 1.54) is 52.2 Å². The molecule has 0 N–H and O–H groups in total. The number of hydrogen-bond donors (Lipinski definition) is 0. The molecule has 0 spiro atoms. The first-order valence-electron chi connectivity index (χ1n) is 16.7. The van der Waals surface area contributed by atoms with Crippen LogP contribution in [0.25, 0.3) is 62.0 Å². The van der Waals surface area contributed by atoms with Crippen molar-refractivity contribution >= 4 is 64.3 Å². The van der Waals surface area contributed by atoms with E-state index in [1.54, 1.807) is 0 Å². The molecule has 6 heterocycles. The van der Waals surface area contributed by atoms with E-state index in [0.717, 1.165) is 81.7 Å². The summed E-state index contributed by atoms with van der Waals surface area (Å²) in [5, 5.41) is 3.22. The number of benzene rings is 3. The minimum atomic E-state index is -4.34. The third kappa shape index (κ3) is 10.2. The Bertz CT molecular complexity index is 2350. The maximum absolute atomic E-state index is 12.5. The molecule has 0 aliphatic rings. The van der Waals surface area contributed by atoms with Gasteiger partial charge < -0.3 is 0 Å². The molecule has 0 atom stereocenters. The van der Waals surface area contributed by atoms with Crippen LogP contribution >= 0.6 is 34.0 Å². The van der Waals surface area contributed by atoms with E-state index in [9.17, 15) is 39.5 Å². The van der Waals surface area contributed by atoms with Crippen LogP contribution in [0.3, 0.4) is 0 Å². The van der Waals surface area contributed by atoms with Crippen molar-refractivity contribution in [2.24, 2.45) is 0 Å². The van der Waals surface area contributed by atoms with Gasteiger partial charge in [0.25, 0.3) is 0 Å². The molecule has 0 unspecified atom stereocenters. The smallest absolute Gasteiger partial charge is 0.255 e. The molecule has 0 fully saturated rings. The van der Waals surface area contributed by atoms with Crippen molar-refractivity contribution in [3.8, 4) is 31.7 Å². The number of pyridine rings is 3. The van der Waals surface area contributed by atoms with Gasteiger partial charge in [-0.05, 0) is 89.0 Å². The van der Waals surface area contributed by atoms with E-state index in [0.29, 0.717) is 17.1 Å². The van der Waals surface area contributed by atoms with Crippen LogP contribution in [0.15, 0.2) is 146 Å². The van der Waals surface area contributed by atoms with Crippen molar-refractivity contribution in [1.29, 1.82) is 0 Å². The van der Waals surface area contributed by atoms with Gasteiger partial charge in [0.15, 0.2) is 0 Å². The third-order valence-electron chi connectivity index (χ3n) is 8.31. The van der Waals surface area contributed by atoms with E-state index in [4.69, 9.17) is 0 Å². The SMILES string of the molecule is FC(F)(F)c1ccc(-c2cc3ccccc3s2)nc1.FC(F)(F)c1ccc(-c2cc3ccccc3s2)nc1.FC(F)(F)c1ccc(-c2cc3ccccc3s2)nc1.[Ir]. The Morgan fingerprint density at radius 1 is 0.345 bits per heavy atom. The number of alkyl halides is 9. The Balaban J connectivity index is 0.000000145. The first-order valence-corrected chi connectivity index (χ1v) is 19.1. The van der Waals surface area contributed by atoms with Crippen LogP contribution in [0.1, 0.15) is 16.7 Å². The van der Waals surface area contributed by atoms with Crippen molar-refractivity contribution < 1.29 is 59.6 Å². The minimum Gasteiger partial charge on any atom is -0.255 e. The quantitative estimate of drug-likeness (QED) is 0.166. The molecular formula is C42H24F9IrN3S3. The van der Waals surface area contributed by atoms with Crippen LogP contribution in [-0.4, -0.2) is 15.0 Å². The summed E-state index contributed by atoms with van der Waals surface area (Å²) >= 11 is 4.56. The van der Waals surface area contributed by atoms with Crippen LogP contribution in [0.4, 0.5) is 39.5 Å². The molecule has 16 heteroatoms. The van der Waals surface area contributed by atoms with E-state index in [-0.39, 0.29) is 20.1 Å². The van der Waals surface area contributed by atoms with Crippen molar-refractivity contribution in [1.82, 2.24) is 15.0 Å². The Morgan fingerprint density at radius 2 is 0.603 bits per heavy atom. The number of nitrogens with zero attached hydrogens (tertiary/aromatic N) is 3. The van der Waals surface area contributed by atoms with E-state index >= 15 is 0 Å². The van der Waals surface area contributed by atoms with Gasteiger partial charge in [-0.2, -0.15) is 39.5 Å². The first kappa shape index (κ1) is 42.6. The van der Waals surface area contributed by atoms with Gasteiger partial charge in [0.2, 0.25) is 0 Å². The summed E-state index contributed by atoms with van der Waals surface area (Å²) < 4.78 is 115. The van der Waals surface area contributed by atoms with Gasteiger partial charge in [0, 0.05) is 52.8 Å². The summed E-state index contributed by atoms with van der Waals surface area (Å²) in [5.74, 6) is 0. The third-order valence-corrected chi connectivity index (χ3v) is 11.7. The Morgan fingerprint density at radius 3 is 0.810 bits per heavy atom. The fraction of sp³-hybridized carbons (Fsp3) is 0.0714. The average Bonchev–Trinajstić information content (AvgIpc) is 3.95. The molecule has 297 valence electrons. The molecular weight excluding hydrogens is 1010 g/mol. The van der Waals surface area contributed by atoms with E-state index in [2.05, 4.69) is 15.0 Å². The zero-order chi connectivity index (χ0) is 40.4. The van der Waals surface area contributed by atoms with Gasteiger partial charge in [-0.1, -0.05) is 54.6 Å². The number of aromatic nitrogens is 3. The topological polar surface area (TPSA) is 38.7 Å². The molecule has 9 aromatic rings. The standard InChI is InChI=1S/3C14H8F3NS.Ir/c3*15-14(16,17)10-5-6-11(18-8-10)13-7-9-3-1-2-4-12(9)19-13;/h3*1-8H;. The normalized spacial score (nSPS) is 11.7. The molecule has 58 heavy (non-hydrogen) atoms. The molecule has 3 aromatic carbocycles. The average molecular weight is 1030 g/mol. The summed E-state index contributed by atoms with van der Waals surface area (Å²) in [4.78, 5) is 14.3. The molecule has 9 rings (SSSR count). The number of hydrogen-bond acceptors (Lipinski definition) is 6. The van der Waals surface area contributed by atoms with E-state index < -0.39 is 35.2 Å². The second kappa shape index (κ2) is 17.5. The Hall–Kier alpha value is -4.99. The second-order valence-electron chi connectivity index (χ2n) is 12.2. The zero-order valence-corrected chi connectivity index (χ0v) is 34.0. The van der Waals surface area contributed by atoms with Gasteiger partial charge in [-0.3, -0.25) is 15.0 Å². The largest absolute Gasteiger partial charge is 0.417 e. The number of rotatable bonds is 3. The monoisotopic (exact) mass is 1030 g/mol. The number of thiophene rings is 3. The Labute approximate surface area is 349 Å². The van der Waals surface area contributed by atoms with Gasteiger partial charge in [0.1, 0.15) is 0 Å². The van der Waals surface area contributed by atoms with Crippen LogP contribution in [0.5, 0.6) is 0 Å². The maximum Gasteiger partial charge on any atom is 0.417 e. The summed E-state index contributed by atoms with van der Waals surface area (Å²) in [6, 6.07) is 36.7. The summed E-state index contributed by atoms with van der Waals surface area (Å²) in [6.07, 6.45) is -10.4. The fourth-order valence-corrected chi connectivity index (χ4v) is 8.56. The van der Waals surface area contributed by atoms with Crippen molar-refractivity contribution in [3.05, 3.63) is 163 Å². The van der Waals surface area contributed by atoms with Crippen molar-refractivity contribution in [3.63, 3.8) is 0 Å². The predicted molar refractivity (Wildman–Crippen MR) is 210 cm³/mol. The van der Waals surface area contributed by atoms with Crippen molar-refractivity contribution in [2.45, 2.75) is 18.5 Å².